The Kier molecular flexibility index (Phi) is 7.08. The molecule has 3 aromatic carbocycles. The highest BCUT2D eigenvalue weighted by molar-refractivity contribution is 5.92. The molecule has 0 radical (unpaired) electrons. The Morgan fingerprint density at radius 2 is 1.66 bits per heavy atom. The second-order valence-electron chi connectivity index (χ2n) is 11.0. The van der Waals surface area contributed by atoms with Gasteiger partial charge in [0.05, 0.1) is 5.52 Å². The van der Waals surface area contributed by atoms with Gasteiger partial charge in [0.25, 0.3) is 0 Å². The second-order valence-corrected chi connectivity index (χ2v) is 11.0. The third-order valence-electron chi connectivity index (χ3n) is 8.02. The van der Waals surface area contributed by atoms with Gasteiger partial charge >= 0.3 is 0 Å². The highest BCUT2D eigenvalue weighted by atomic mass is 16.2. The zero-order chi connectivity index (χ0) is 25.9. The van der Waals surface area contributed by atoms with Crippen LogP contribution in [0, 0.1) is 12.8 Å². The molecule has 0 saturated heterocycles. The van der Waals surface area contributed by atoms with Crippen molar-refractivity contribution in [3.05, 3.63) is 89.7 Å². The zero-order valence-corrected chi connectivity index (χ0v) is 22.2. The van der Waals surface area contributed by atoms with Crippen molar-refractivity contribution in [3.63, 3.8) is 0 Å². The maximum atomic E-state index is 13.4. The van der Waals surface area contributed by atoms with Crippen LogP contribution in [0.15, 0.2) is 73.1 Å². The SMILES string of the molecule is Cc1cccc(CNc2ncnc3ccc(-c4cccc(CN(C(=O)C5CCCCC5)C5CC5)c4)cc23)c1. The molecular formula is C33H36N4O. The highest BCUT2D eigenvalue weighted by Crippen LogP contribution is 2.34. The molecule has 2 aliphatic rings. The summed E-state index contributed by atoms with van der Waals surface area (Å²) in [5.41, 5.74) is 6.87. The fourth-order valence-electron chi connectivity index (χ4n) is 5.79. The molecule has 4 aromatic rings. The van der Waals surface area contributed by atoms with Gasteiger partial charge in [-0.3, -0.25) is 4.79 Å². The molecule has 0 spiro atoms. The Balaban J connectivity index is 1.23. The smallest absolute Gasteiger partial charge is 0.226 e. The summed E-state index contributed by atoms with van der Waals surface area (Å²) in [4.78, 5) is 24.6. The molecule has 1 heterocycles. The second kappa shape index (κ2) is 10.9. The molecule has 0 atom stereocenters. The van der Waals surface area contributed by atoms with Gasteiger partial charge in [-0.15, -0.1) is 0 Å². The maximum absolute atomic E-state index is 13.4. The monoisotopic (exact) mass is 504 g/mol. The Hall–Kier alpha value is -3.73. The van der Waals surface area contributed by atoms with E-state index in [-0.39, 0.29) is 5.92 Å². The number of aryl methyl sites for hydroxylation is 1. The number of hydrogen-bond donors (Lipinski definition) is 1. The molecule has 0 aliphatic heterocycles. The van der Waals surface area contributed by atoms with Crippen molar-refractivity contribution in [3.8, 4) is 11.1 Å². The lowest BCUT2D eigenvalue weighted by Gasteiger charge is -2.29. The Morgan fingerprint density at radius 1 is 0.868 bits per heavy atom. The van der Waals surface area contributed by atoms with Crippen LogP contribution in [0.25, 0.3) is 22.0 Å². The molecule has 6 rings (SSSR count). The van der Waals surface area contributed by atoms with Gasteiger partial charge in [0.1, 0.15) is 12.1 Å². The summed E-state index contributed by atoms with van der Waals surface area (Å²) in [6.45, 7) is 3.52. The van der Waals surface area contributed by atoms with Crippen LogP contribution in [0.3, 0.4) is 0 Å². The minimum Gasteiger partial charge on any atom is -0.365 e. The van der Waals surface area contributed by atoms with E-state index in [2.05, 4.69) is 93.8 Å². The minimum absolute atomic E-state index is 0.221. The zero-order valence-electron chi connectivity index (χ0n) is 22.2. The van der Waals surface area contributed by atoms with E-state index in [9.17, 15) is 4.79 Å². The van der Waals surface area contributed by atoms with Crippen LogP contribution in [0.2, 0.25) is 0 Å². The van der Waals surface area contributed by atoms with E-state index in [1.54, 1.807) is 6.33 Å². The number of hydrogen-bond acceptors (Lipinski definition) is 4. The van der Waals surface area contributed by atoms with E-state index in [4.69, 9.17) is 0 Å². The summed E-state index contributed by atoms with van der Waals surface area (Å²) < 4.78 is 0. The maximum Gasteiger partial charge on any atom is 0.226 e. The summed E-state index contributed by atoms with van der Waals surface area (Å²) in [6.07, 6.45) is 9.67. The summed E-state index contributed by atoms with van der Waals surface area (Å²) in [6, 6.07) is 24.0. The van der Waals surface area contributed by atoms with Gasteiger partial charge < -0.3 is 10.2 Å². The lowest BCUT2D eigenvalue weighted by atomic mass is 9.88. The molecule has 2 saturated carbocycles. The van der Waals surface area contributed by atoms with E-state index >= 15 is 0 Å². The standard InChI is InChI=1S/C33H36N4O/c1-23-7-5-8-24(17-23)20-34-32-30-19-28(13-16-31(30)35-22-36-32)27-12-6-9-25(18-27)21-37(29-14-15-29)33(38)26-10-3-2-4-11-26/h5-9,12-13,16-19,22,26,29H,2-4,10-11,14-15,20-21H2,1H3,(H,34,35,36). The number of amides is 1. The Morgan fingerprint density at radius 3 is 2.47 bits per heavy atom. The predicted molar refractivity (Wildman–Crippen MR) is 154 cm³/mol. The average Bonchev–Trinajstić information content (AvgIpc) is 3.80. The van der Waals surface area contributed by atoms with Gasteiger partial charge in [0.15, 0.2) is 0 Å². The summed E-state index contributed by atoms with van der Waals surface area (Å²) in [5.74, 6) is 1.44. The largest absolute Gasteiger partial charge is 0.365 e. The third kappa shape index (κ3) is 5.57. The fraction of sp³-hybridized carbons (Fsp3) is 0.364. The lowest BCUT2D eigenvalue weighted by Crippen LogP contribution is -2.38. The lowest BCUT2D eigenvalue weighted by molar-refractivity contribution is -0.137. The Labute approximate surface area is 225 Å². The van der Waals surface area contributed by atoms with Gasteiger partial charge in [0.2, 0.25) is 5.91 Å². The van der Waals surface area contributed by atoms with E-state index in [0.29, 0.717) is 25.0 Å². The van der Waals surface area contributed by atoms with E-state index < -0.39 is 0 Å². The molecule has 2 fully saturated rings. The molecule has 5 nitrogen and oxygen atoms in total. The van der Waals surface area contributed by atoms with E-state index in [1.807, 2.05) is 0 Å². The van der Waals surface area contributed by atoms with Gasteiger partial charge in [-0.25, -0.2) is 9.97 Å². The Bertz CT molecular complexity index is 1440. The first-order valence-corrected chi connectivity index (χ1v) is 14.1. The van der Waals surface area contributed by atoms with Crippen molar-refractivity contribution in [1.29, 1.82) is 0 Å². The number of fused-ring (bicyclic) bond motifs is 1. The molecule has 1 N–H and O–H groups in total. The third-order valence-corrected chi connectivity index (χ3v) is 8.02. The van der Waals surface area contributed by atoms with Gasteiger partial charge in [-0.1, -0.05) is 73.4 Å². The molecule has 0 bridgehead atoms. The van der Waals surface area contributed by atoms with Crippen LogP contribution >= 0.6 is 0 Å². The number of benzene rings is 3. The normalized spacial score (nSPS) is 15.9. The first kappa shape index (κ1) is 24.6. The minimum atomic E-state index is 0.221. The van der Waals surface area contributed by atoms with Crippen LogP contribution in [0.1, 0.15) is 61.6 Å². The molecule has 2 aliphatic carbocycles. The van der Waals surface area contributed by atoms with Crippen molar-refractivity contribution < 1.29 is 4.79 Å². The molecule has 194 valence electrons. The number of aromatic nitrogens is 2. The number of nitrogens with zero attached hydrogens (tertiary/aromatic N) is 3. The van der Waals surface area contributed by atoms with Crippen LogP contribution in [-0.4, -0.2) is 26.8 Å². The van der Waals surface area contributed by atoms with E-state index in [0.717, 1.165) is 53.5 Å². The molecule has 1 amide bonds. The average molecular weight is 505 g/mol. The van der Waals surface area contributed by atoms with Gasteiger partial charge in [-0.05, 0) is 73.1 Å². The number of carbonyl (C=O) groups excluding carboxylic acids is 1. The molecule has 5 heteroatoms. The molecule has 0 unspecified atom stereocenters. The number of anilines is 1. The predicted octanol–water partition coefficient (Wildman–Crippen LogP) is 7.29. The van der Waals surface area contributed by atoms with Crippen LogP contribution in [-0.2, 0) is 17.9 Å². The van der Waals surface area contributed by atoms with Crippen molar-refractivity contribution in [2.45, 2.75) is 71.0 Å². The summed E-state index contributed by atoms with van der Waals surface area (Å²) in [7, 11) is 0. The number of rotatable bonds is 8. The van der Waals surface area contributed by atoms with Gasteiger partial charge in [-0.2, -0.15) is 0 Å². The fourth-order valence-corrected chi connectivity index (χ4v) is 5.79. The molecular weight excluding hydrogens is 468 g/mol. The molecule has 1 aromatic heterocycles. The number of carbonyl (C=O) groups is 1. The van der Waals surface area contributed by atoms with Crippen LogP contribution < -0.4 is 5.32 Å². The summed E-state index contributed by atoms with van der Waals surface area (Å²) in [5, 5.41) is 4.52. The first-order chi connectivity index (χ1) is 18.6. The van der Waals surface area contributed by atoms with Crippen molar-refractivity contribution in [2.75, 3.05) is 5.32 Å². The number of nitrogens with one attached hydrogen (secondary N) is 1. The summed E-state index contributed by atoms with van der Waals surface area (Å²) >= 11 is 0. The highest BCUT2D eigenvalue weighted by Gasteiger charge is 2.36. The van der Waals surface area contributed by atoms with Crippen molar-refractivity contribution in [1.82, 2.24) is 14.9 Å². The first-order valence-electron chi connectivity index (χ1n) is 14.1. The van der Waals surface area contributed by atoms with Crippen molar-refractivity contribution >= 4 is 22.6 Å². The van der Waals surface area contributed by atoms with E-state index in [1.165, 1.54) is 36.0 Å². The van der Waals surface area contributed by atoms with Gasteiger partial charge in [0, 0.05) is 30.4 Å². The van der Waals surface area contributed by atoms with Crippen LogP contribution in [0.5, 0.6) is 0 Å². The quantitative estimate of drug-likeness (QED) is 0.274. The topological polar surface area (TPSA) is 58.1 Å². The van der Waals surface area contributed by atoms with Crippen LogP contribution in [0.4, 0.5) is 5.82 Å². The van der Waals surface area contributed by atoms with Crippen molar-refractivity contribution in [2.24, 2.45) is 5.92 Å². The molecule has 38 heavy (non-hydrogen) atoms.